The molecule has 0 radical (unpaired) electrons. The molecule has 0 N–H and O–H groups in total. The van der Waals surface area contributed by atoms with Crippen LogP contribution in [0.4, 0.5) is 17.6 Å². The molecule has 0 fully saturated rings. The summed E-state index contributed by atoms with van der Waals surface area (Å²) in [5.41, 5.74) is 0.225. The van der Waals surface area contributed by atoms with E-state index in [1.54, 1.807) is 6.20 Å². The van der Waals surface area contributed by atoms with Gasteiger partial charge in [0.1, 0.15) is 12.4 Å². The Morgan fingerprint density at radius 2 is 1.89 bits per heavy atom. The maximum Gasteiger partial charge on any atom is 0.471 e. The number of fused-ring (bicyclic) bond motifs is 1. The summed E-state index contributed by atoms with van der Waals surface area (Å²) < 4.78 is 61.7. The van der Waals surface area contributed by atoms with E-state index in [0.29, 0.717) is 5.56 Å². The number of hydrogen-bond donors (Lipinski definition) is 0. The Hall–Kier alpha value is -3.56. The number of ether oxygens (including phenoxy) is 1. The monoisotopic (exact) mass is 390 g/mol. The van der Waals surface area contributed by atoms with Crippen molar-refractivity contribution >= 4 is 10.8 Å². The van der Waals surface area contributed by atoms with Crippen molar-refractivity contribution in [1.82, 2.24) is 20.3 Å². The summed E-state index contributed by atoms with van der Waals surface area (Å²) in [4.78, 5) is 3.18. The van der Waals surface area contributed by atoms with E-state index in [1.165, 1.54) is 12.1 Å². The van der Waals surface area contributed by atoms with Crippen LogP contribution in [0.1, 0.15) is 11.5 Å². The molecule has 0 bridgehead atoms. The van der Waals surface area contributed by atoms with E-state index in [4.69, 9.17) is 4.74 Å². The van der Waals surface area contributed by atoms with Crippen molar-refractivity contribution in [1.29, 1.82) is 0 Å². The van der Waals surface area contributed by atoms with Crippen molar-refractivity contribution in [3.05, 3.63) is 65.9 Å². The first kappa shape index (κ1) is 17.8. The van der Waals surface area contributed by atoms with E-state index >= 15 is 0 Å². The summed E-state index contributed by atoms with van der Waals surface area (Å²) in [7, 11) is 0. The van der Waals surface area contributed by atoms with Crippen molar-refractivity contribution in [2.45, 2.75) is 12.8 Å². The average molecular weight is 390 g/mol. The first-order chi connectivity index (χ1) is 13.4. The van der Waals surface area contributed by atoms with Gasteiger partial charge >= 0.3 is 12.1 Å². The lowest BCUT2D eigenvalue weighted by Crippen LogP contribution is -2.05. The van der Waals surface area contributed by atoms with Gasteiger partial charge in [-0.3, -0.25) is 0 Å². The van der Waals surface area contributed by atoms with Crippen LogP contribution in [0.15, 0.2) is 53.2 Å². The Morgan fingerprint density at radius 1 is 1.07 bits per heavy atom. The highest BCUT2D eigenvalue weighted by Gasteiger charge is 2.38. The largest absolute Gasteiger partial charge is 0.471 e. The summed E-state index contributed by atoms with van der Waals surface area (Å²) in [6.45, 7) is -0.0140. The van der Waals surface area contributed by atoms with Crippen molar-refractivity contribution in [2.24, 2.45) is 0 Å². The van der Waals surface area contributed by atoms with E-state index < -0.39 is 23.7 Å². The molecule has 0 aliphatic rings. The minimum absolute atomic E-state index is 0.0140. The number of benzene rings is 2. The topological polar surface area (TPSA) is 73.9 Å². The second-order valence-corrected chi connectivity index (χ2v) is 5.76. The molecular weight excluding hydrogens is 380 g/mol. The van der Waals surface area contributed by atoms with Crippen LogP contribution in [0.3, 0.4) is 0 Å². The first-order valence-corrected chi connectivity index (χ1v) is 7.95. The predicted molar refractivity (Wildman–Crippen MR) is 88.6 cm³/mol. The molecule has 0 saturated carbocycles. The lowest BCUT2D eigenvalue weighted by atomic mass is 10.1. The second-order valence-electron chi connectivity index (χ2n) is 5.76. The zero-order chi connectivity index (χ0) is 19.7. The molecule has 2 heterocycles. The highest BCUT2D eigenvalue weighted by atomic mass is 19.4. The van der Waals surface area contributed by atoms with Crippen molar-refractivity contribution in [3.63, 3.8) is 0 Å². The molecule has 2 aromatic carbocycles. The maximum atomic E-state index is 14.3. The molecule has 4 aromatic rings. The lowest BCUT2D eigenvalue weighted by Gasteiger charge is -2.08. The van der Waals surface area contributed by atoms with Gasteiger partial charge in [0.15, 0.2) is 0 Å². The van der Waals surface area contributed by atoms with Crippen LogP contribution in [0.5, 0.6) is 5.88 Å². The molecule has 6 nitrogen and oxygen atoms in total. The number of nitrogens with zero attached hydrogens (tertiary/aromatic N) is 4. The van der Waals surface area contributed by atoms with Crippen LogP contribution >= 0.6 is 0 Å². The third-order valence-corrected chi connectivity index (χ3v) is 3.86. The molecule has 10 heteroatoms. The van der Waals surface area contributed by atoms with Gasteiger partial charge in [0.25, 0.3) is 0 Å². The summed E-state index contributed by atoms with van der Waals surface area (Å²) in [5, 5.41) is 12.5. The second kappa shape index (κ2) is 6.87. The Bertz CT molecular complexity index is 1140. The molecule has 0 aliphatic carbocycles. The summed E-state index contributed by atoms with van der Waals surface area (Å²) >= 11 is 0. The Kier molecular flexibility index (Phi) is 4.38. The average Bonchev–Trinajstić information content (AvgIpc) is 3.17. The molecular formula is C18H10F4N4O2. The fraction of sp³-hybridized carbons (Fsp3) is 0.111. The molecule has 2 aromatic heterocycles. The molecule has 0 amide bonds. The van der Waals surface area contributed by atoms with E-state index in [2.05, 4.69) is 24.9 Å². The maximum absolute atomic E-state index is 14.3. The van der Waals surface area contributed by atoms with E-state index in [-0.39, 0.29) is 18.1 Å². The normalized spacial score (nSPS) is 11.7. The highest BCUT2D eigenvalue weighted by molar-refractivity contribution is 5.85. The Labute approximate surface area is 154 Å². The molecule has 0 aliphatic heterocycles. The molecule has 0 unspecified atom stereocenters. The van der Waals surface area contributed by atoms with Gasteiger partial charge in [-0.15, -0.1) is 5.10 Å². The number of hydrogen-bond acceptors (Lipinski definition) is 6. The Balaban J connectivity index is 1.54. The standard InChI is InChI=1S/C18H10F4N4O2/c19-14-7-10(5-6-13(14)15-24-17(28-26-15)18(20,21)22)9-27-16-12-4-2-1-3-11(12)8-23-25-16/h1-8H,9H2. The first-order valence-electron chi connectivity index (χ1n) is 7.95. The molecule has 142 valence electrons. The number of halogens is 4. The zero-order valence-corrected chi connectivity index (χ0v) is 13.9. The number of aromatic nitrogens is 4. The van der Waals surface area contributed by atoms with Crippen LogP contribution < -0.4 is 4.74 Å². The Morgan fingerprint density at radius 3 is 2.64 bits per heavy atom. The van der Waals surface area contributed by atoms with E-state index in [9.17, 15) is 17.6 Å². The molecule has 0 atom stereocenters. The molecule has 4 rings (SSSR count). The van der Waals surface area contributed by atoms with E-state index in [1.807, 2.05) is 24.3 Å². The number of rotatable bonds is 4. The van der Waals surface area contributed by atoms with Gasteiger partial charge in [-0.05, 0) is 23.8 Å². The van der Waals surface area contributed by atoms with Gasteiger partial charge in [-0.1, -0.05) is 29.4 Å². The molecule has 0 saturated heterocycles. The zero-order valence-electron chi connectivity index (χ0n) is 13.9. The SMILES string of the molecule is Fc1cc(COc2nncc3ccccc23)ccc1-c1noc(C(F)(F)F)n1. The quantitative estimate of drug-likeness (QED) is 0.481. The third-order valence-electron chi connectivity index (χ3n) is 3.86. The minimum atomic E-state index is -4.80. The van der Waals surface area contributed by atoms with Crippen molar-refractivity contribution in [3.8, 4) is 17.3 Å². The van der Waals surface area contributed by atoms with Gasteiger partial charge < -0.3 is 9.26 Å². The minimum Gasteiger partial charge on any atom is -0.471 e. The van der Waals surface area contributed by atoms with Gasteiger partial charge in [-0.25, -0.2) is 4.39 Å². The van der Waals surface area contributed by atoms with Crippen LogP contribution in [-0.4, -0.2) is 20.3 Å². The fourth-order valence-electron chi connectivity index (χ4n) is 2.54. The van der Waals surface area contributed by atoms with Crippen LogP contribution in [0.2, 0.25) is 0 Å². The predicted octanol–water partition coefficient (Wildman–Crippen LogP) is 4.42. The van der Waals surface area contributed by atoms with Crippen LogP contribution in [0.25, 0.3) is 22.2 Å². The van der Waals surface area contributed by atoms with Crippen molar-refractivity contribution in [2.75, 3.05) is 0 Å². The van der Waals surface area contributed by atoms with Gasteiger partial charge in [0, 0.05) is 10.8 Å². The third kappa shape index (κ3) is 3.48. The van der Waals surface area contributed by atoms with Gasteiger partial charge in [0.2, 0.25) is 11.7 Å². The van der Waals surface area contributed by atoms with Crippen LogP contribution in [0, 0.1) is 5.82 Å². The van der Waals surface area contributed by atoms with Gasteiger partial charge in [-0.2, -0.15) is 23.3 Å². The number of alkyl halides is 3. The van der Waals surface area contributed by atoms with Crippen molar-refractivity contribution < 1.29 is 26.8 Å². The smallest absolute Gasteiger partial charge is 0.471 e. The fourth-order valence-corrected chi connectivity index (χ4v) is 2.54. The van der Waals surface area contributed by atoms with E-state index in [0.717, 1.165) is 16.8 Å². The lowest BCUT2D eigenvalue weighted by molar-refractivity contribution is -0.159. The summed E-state index contributed by atoms with van der Waals surface area (Å²) in [5.74, 6) is -2.55. The molecule has 0 spiro atoms. The van der Waals surface area contributed by atoms with Crippen LogP contribution in [-0.2, 0) is 12.8 Å². The molecule has 28 heavy (non-hydrogen) atoms. The summed E-state index contributed by atoms with van der Waals surface area (Å²) in [6, 6.07) is 11.2. The van der Waals surface area contributed by atoms with Gasteiger partial charge in [0.05, 0.1) is 11.8 Å². The summed E-state index contributed by atoms with van der Waals surface area (Å²) in [6.07, 6.45) is -3.20. The highest BCUT2D eigenvalue weighted by Crippen LogP contribution is 2.30.